The Bertz CT molecular complexity index is 283. The number of nitrogens with one attached hydrogen (secondary N) is 1. The molecule has 0 aromatic heterocycles. The van der Waals surface area contributed by atoms with Crippen molar-refractivity contribution in [1.82, 2.24) is 5.32 Å². The first kappa shape index (κ1) is 10.8. The van der Waals surface area contributed by atoms with Gasteiger partial charge in [-0.15, -0.1) is 0 Å². The van der Waals surface area contributed by atoms with Gasteiger partial charge in [0.2, 0.25) is 0 Å². The van der Waals surface area contributed by atoms with Gasteiger partial charge < -0.3 is 5.32 Å². The van der Waals surface area contributed by atoms with Gasteiger partial charge in [-0.3, -0.25) is 4.79 Å². The molecule has 1 N–H and O–H groups in total. The first-order chi connectivity index (χ1) is 7.72. The Morgan fingerprint density at radius 2 is 1.69 bits per heavy atom. The minimum atomic E-state index is 0.0933. The van der Waals surface area contributed by atoms with Gasteiger partial charge in [0.1, 0.15) is 0 Å². The average molecular weight is 221 g/mol. The highest BCUT2D eigenvalue weighted by molar-refractivity contribution is 5.87. The normalized spacial score (nSPS) is 45.7. The summed E-state index contributed by atoms with van der Waals surface area (Å²) >= 11 is 0. The first-order valence-corrected chi connectivity index (χ1v) is 6.90. The molecule has 0 heterocycles. The summed E-state index contributed by atoms with van der Waals surface area (Å²) in [5.74, 6) is 3.12. The van der Waals surface area contributed by atoms with Gasteiger partial charge in [0.05, 0.1) is 6.54 Å². The van der Waals surface area contributed by atoms with Crippen LogP contribution in [0.5, 0.6) is 0 Å². The van der Waals surface area contributed by atoms with Gasteiger partial charge in [0.25, 0.3) is 0 Å². The van der Waals surface area contributed by atoms with Crippen molar-refractivity contribution in [3.05, 3.63) is 0 Å². The second kappa shape index (κ2) is 3.83. The van der Waals surface area contributed by atoms with Crippen LogP contribution in [0.15, 0.2) is 0 Å². The third-order valence-corrected chi connectivity index (χ3v) is 5.28. The molecular formula is C14H23NO. The molecule has 90 valence electrons. The zero-order chi connectivity index (χ0) is 11.2. The number of carbonyl (C=O) groups excluding carboxylic acids is 1. The Hall–Kier alpha value is -0.370. The van der Waals surface area contributed by atoms with Crippen molar-refractivity contribution in [3.63, 3.8) is 0 Å². The molecule has 0 aliphatic heterocycles. The van der Waals surface area contributed by atoms with Gasteiger partial charge in [-0.1, -0.05) is 12.8 Å². The van der Waals surface area contributed by atoms with E-state index in [1.54, 1.807) is 0 Å². The maximum absolute atomic E-state index is 12.4. The zero-order valence-corrected chi connectivity index (χ0v) is 10.3. The van der Waals surface area contributed by atoms with Gasteiger partial charge >= 0.3 is 0 Å². The van der Waals surface area contributed by atoms with Crippen molar-refractivity contribution in [3.8, 4) is 0 Å². The molecule has 4 bridgehead atoms. The molecule has 4 saturated carbocycles. The predicted octanol–water partition coefficient (Wildman–Crippen LogP) is 2.38. The highest BCUT2D eigenvalue weighted by Crippen LogP contribution is 2.57. The molecule has 2 nitrogen and oxygen atoms in total. The molecule has 0 saturated heterocycles. The number of ketones is 1. The molecule has 4 fully saturated rings. The molecule has 0 spiro atoms. The lowest BCUT2D eigenvalue weighted by Gasteiger charge is -2.47. The zero-order valence-electron chi connectivity index (χ0n) is 10.3. The number of hydrogen-bond acceptors (Lipinski definition) is 2. The van der Waals surface area contributed by atoms with E-state index in [9.17, 15) is 4.79 Å². The Morgan fingerprint density at radius 1 is 1.12 bits per heavy atom. The van der Waals surface area contributed by atoms with Crippen molar-refractivity contribution >= 4 is 5.78 Å². The molecule has 2 heteroatoms. The number of hydrogen-bond donors (Lipinski definition) is 1. The maximum Gasteiger partial charge on any atom is 0.152 e. The van der Waals surface area contributed by atoms with E-state index in [-0.39, 0.29) is 5.41 Å². The molecule has 2 atom stereocenters. The summed E-state index contributed by atoms with van der Waals surface area (Å²) in [7, 11) is 1.90. The molecule has 4 aliphatic rings. The van der Waals surface area contributed by atoms with Crippen LogP contribution in [-0.4, -0.2) is 19.4 Å². The molecule has 0 amide bonds. The van der Waals surface area contributed by atoms with Gasteiger partial charge in [-0.05, 0) is 56.9 Å². The predicted molar refractivity (Wildman–Crippen MR) is 64.2 cm³/mol. The summed E-state index contributed by atoms with van der Waals surface area (Å²) in [4.78, 5) is 12.4. The van der Waals surface area contributed by atoms with Crippen LogP contribution < -0.4 is 5.32 Å². The topological polar surface area (TPSA) is 29.1 Å². The third-order valence-electron chi connectivity index (χ3n) is 5.28. The molecule has 16 heavy (non-hydrogen) atoms. The van der Waals surface area contributed by atoms with E-state index in [2.05, 4.69) is 5.32 Å². The smallest absolute Gasteiger partial charge is 0.152 e. The SMILES string of the molecule is CNCC(=O)C12CC3C[C@H](CC[C@@H](C3)C1)C2. The largest absolute Gasteiger partial charge is 0.313 e. The minimum absolute atomic E-state index is 0.0933. The quantitative estimate of drug-likeness (QED) is 0.793. The summed E-state index contributed by atoms with van der Waals surface area (Å²) in [6, 6.07) is 0. The van der Waals surface area contributed by atoms with Crippen molar-refractivity contribution in [2.75, 3.05) is 13.6 Å². The lowest BCUT2D eigenvalue weighted by Crippen LogP contribution is -2.46. The van der Waals surface area contributed by atoms with Gasteiger partial charge in [0, 0.05) is 5.41 Å². The fourth-order valence-electron chi connectivity index (χ4n) is 4.88. The van der Waals surface area contributed by atoms with E-state index in [0.717, 1.165) is 17.8 Å². The molecule has 4 aliphatic carbocycles. The lowest BCUT2D eigenvalue weighted by molar-refractivity contribution is -0.135. The van der Waals surface area contributed by atoms with Gasteiger partial charge in [-0.25, -0.2) is 0 Å². The van der Waals surface area contributed by atoms with E-state index in [0.29, 0.717) is 12.3 Å². The number of fused-ring (bicyclic) bond motifs is 1. The summed E-state index contributed by atoms with van der Waals surface area (Å²) in [5, 5.41) is 3.06. The number of Topliss-reactive ketones (excluding diaryl/α,β-unsaturated/α-hetero) is 1. The number of carbonyl (C=O) groups is 1. The highest BCUT2D eigenvalue weighted by Gasteiger charge is 2.51. The summed E-state index contributed by atoms with van der Waals surface area (Å²) < 4.78 is 0. The van der Waals surface area contributed by atoms with Crippen LogP contribution >= 0.6 is 0 Å². The van der Waals surface area contributed by atoms with Crippen LogP contribution in [0, 0.1) is 23.2 Å². The van der Waals surface area contributed by atoms with Gasteiger partial charge in [-0.2, -0.15) is 0 Å². The summed E-state index contributed by atoms with van der Waals surface area (Å²) in [6.07, 6.45) is 9.27. The van der Waals surface area contributed by atoms with Gasteiger partial charge in [0.15, 0.2) is 5.78 Å². The number of rotatable bonds is 3. The lowest BCUT2D eigenvalue weighted by atomic mass is 9.57. The Labute approximate surface area is 98.2 Å². The van der Waals surface area contributed by atoms with Crippen molar-refractivity contribution in [1.29, 1.82) is 0 Å². The first-order valence-electron chi connectivity index (χ1n) is 6.90. The molecular weight excluding hydrogens is 198 g/mol. The highest BCUT2D eigenvalue weighted by atomic mass is 16.1. The van der Waals surface area contributed by atoms with Crippen LogP contribution in [0.2, 0.25) is 0 Å². The van der Waals surface area contributed by atoms with Crippen LogP contribution in [0.1, 0.15) is 44.9 Å². The number of likely N-dealkylation sites (N-methyl/N-ethyl adjacent to an activating group) is 1. The van der Waals surface area contributed by atoms with E-state index in [4.69, 9.17) is 0 Å². The van der Waals surface area contributed by atoms with E-state index < -0.39 is 0 Å². The molecule has 0 aromatic rings. The molecule has 0 unspecified atom stereocenters. The minimum Gasteiger partial charge on any atom is -0.313 e. The van der Waals surface area contributed by atoms with Crippen molar-refractivity contribution < 1.29 is 4.79 Å². The summed E-state index contributed by atoms with van der Waals surface area (Å²) in [6.45, 7) is 0.589. The molecule has 4 rings (SSSR count). The van der Waals surface area contributed by atoms with Crippen molar-refractivity contribution in [2.24, 2.45) is 23.2 Å². The molecule has 0 aromatic carbocycles. The summed E-state index contributed by atoms with van der Waals surface area (Å²) in [5.41, 5.74) is 0.0933. The van der Waals surface area contributed by atoms with E-state index in [1.807, 2.05) is 7.05 Å². The van der Waals surface area contributed by atoms with E-state index in [1.165, 1.54) is 44.9 Å². The fourth-order valence-corrected chi connectivity index (χ4v) is 4.88. The fraction of sp³-hybridized carbons (Fsp3) is 0.929. The average Bonchev–Trinajstić information content (AvgIpc) is 2.46. The monoisotopic (exact) mass is 221 g/mol. The van der Waals surface area contributed by atoms with Crippen LogP contribution in [0.25, 0.3) is 0 Å². The van der Waals surface area contributed by atoms with Crippen LogP contribution in [0.4, 0.5) is 0 Å². The molecule has 0 radical (unpaired) electrons. The van der Waals surface area contributed by atoms with Crippen LogP contribution in [-0.2, 0) is 4.79 Å². The standard InChI is InChI=1S/C14H23NO/c1-15-9-13(16)14-6-10-2-3-11(7-14)5-12(4-10)8-14/h10-12,15H,2-9H2,1H3/t10-,11-,12?,14?/m0/s1. The third kappa shape index (κ3) is 1.62. The second-order valence-corrected chi connectivity index (χ2v) is 6.49. The Kier molecular flexibility index (Phi) is 2.58. The Morgan fingerprint density at radius 3 is 2.25 bits per heavy atom. The maximum atomic E-state index is 12.4. The van der Waals surface area contributed by atoms with Crippen LogP contribution in [0.3, 0.4) is 0 Å². The second-order valence-electron chi connectivity index (χ2n) is 6.49. The Balaban J connectivity index is 1.87. The van der Waals surface area contributed by atoms with E-state index >= 15 is 0 Å². The van der Waals surface area contributed by atoms with Crippen molar-refractivity contribution in [2.45, 2.75) is 44.9 Å².